The van der Waals surface area contributed by atoms with Gasteiger partial charge in [-0.25, -0.2) is 9.97 Å². The van der Waals surface area contributed by atoms with Gasteiger partial charge in [0.25, 0.3) is 5.91 Å². The molecule has 0 spiro atoms. The van der Waals surface area contributed by atoms with Gasteiger partial charge in [0, 0.05) is 42.8 Å². The number of carbonyl (C=O) groups is 1. The lowest BCUT2D eigenvalue weighted by molar-refractivity contribution is -0.137. The number of benzene rings is 1. The molecule has 0 atom stereocenters. The molecule has 2 aromatic heterocycles. The fourth-order valence-electron chi connectivity index (χ4n) is 4.40. The molecule has 1 saturated heterocycles. The van der Waals surface area contributed by atoms with Crippen molar-refractivity contribution in [2.24, 2.45) is 0 Å². The Morgan fingerprint density at radius 3 is 2.68 bits per heavy atom. The Morgan fingerprint density at radius 2 is 1.92 bits per heavy atom. The van der Waals surface area contributed by atoms with Crippen LogP contribution in [0.15, 0.2) is 36.5 Å². The second-order valence-corrected chi connectivity index (χ2v) is 9.08. The van der Waals surface area contributed by atoms with E-state index < -0.39 is 11.7 Å². The van der Waals surface area contributed by atoms with E-state index in [4.69, 9.17) is 22.1 Å². The lowest BCUT2D eigenvalue weighted by Gasteiger charge is -2.29. The van der Waals surface area contributed by atoms with Gasteiger partial charge in [0.2, 0.25) is 5.28 Å². The smallest absolute Gasteiger partial charge is 0.399 e. The predicted molar refractivity (Wildman–Crippen MR) is 131 cm³/mol. The average Bonchev–Trinajstić information content (AvgIpc) is 3.30. The van der Waals surface area contributed by atoms with Gasteiger partial charge in [-0.3, -0.25) is 9.78 Å². The molecule has 2 aliphatic heterocycles. The van der Waals surface area contributed by atoms with Gasteiger partial charge in [-0.2, -0.15) is 13.2 Å². The molecule has 0 unspecified atom stereocenters. The summed E-state index contributed by atoms with van der Waals surface area (Å²) in [7, 11) is 0. The standard InChI is InChI=1S/C24H23ClF3N7O2/c25-23-32-20-13-35(22(36)19-10-17(1-2-30-19)34-3-5-37-6-4-34)12-18(20)21(33-23)31-11-14-7-15(24(26,27)28)9-16(29)8-14/h1-2,7-10H,3-6,11-13,29H2,(H,31,32,33). The third-order valence-corrected chi connectivity index (χ3v) is 6.35. The van der Waals surface area contributed by atoms with E-state index in [0.717, 1.165) is 30.9 Å². The Bertz CT molecular complexity index is 1330. The zero-order valence-corrected chi connectivity index (χ0v) is 20.3. The number of carbonyl (C=O) groups excluding carboxylic acids is 1. The van der Waals surface area contributed by atoms with Gasteiger partial charge in [0.15, 0.2) is 0 Å². The van der Waals surface area contributed by atoms with Crippen LogP contribution >= 0.6 is 11.6 Å². The Hall–Kier alpha value is -3.64. The largest absolute Gasteiger partial charge is 0.416 e. The van der Waals surface area contributed by atoms with Gasteiger partial charge in [0.05, 0.1) is 37.6 Å². The maximum absolute atomic E-state index is 13.3. The topological polar surface area (TPSA) is 109 Å². The lowest BCUT2D eigenvalue weighted by atomic mass is 10.1. The molecule has 3 N–H and O–H groups in total. The fourth-order valence-corrected chi connectivity index (χ4v) is 4.59. The molecule has 9 nitrogen and oxygen atoms in total. The number of morpholine rings is 1. The van der Waals surface area contributed by atoms with Crippen LogP contribution in [0.4, 0.5) is 30.4 Å². The molecule has 1 aromatic carbocycles. The highest BCUT2D eigenvalue weighted by Gasteiger charge is 2.32. The average molecular weight is 534 g/mol. The zero-order chi connectivity index (χ0) is 26.2. The number of pyridine rings is 1. The Morgan fingerprint density at radius 1 is 1.14 bits per heavy atom. The summed E-state index contributed by atoms with van der Waals surface area (Å²) in [6.07, 6.45) is -2.91. The molecule has 1 amide bonds. The Balaban J connectivity index is 1.33. The van der Waals surface area contributed by atoms with E-state index in [1.54, 1.807) is 17.2 Å². The minimum Gasteiger partial charge on any atom is -0.399 e. The number of hydrogen-bond donors (Lipinski definition) is 2. The second kappa shape index (κ2) is 10.0. The summed E-state index contributed by atoms with van der Waals surface area (Å²) in [6, 6.07) is 6.97. The summed E-state index contributed by atoms with van der Waals surface area (Å²) in [5.41, 5.74) is 7.55. The molecule has 13 heteroatoms. The molecular weight excluding hydrogens is 511 g/mol. The van der Waals surface area contributed by atoms with Crippen molar-refractivity contribution in [3.63, 3.8) is 0 Å². The van der Waals surface area contributed by atoms with Crippen molar-refractivity contribution >= 4 is 34.7 Å². The highest BCUT2D eigenvalue weighted by atomic mass is 35.5. The maximum atomic E-state index is 13.3. The van der Waals surface area contributed by atoms with E-state index in [1.807, 2.05) is 6.07 Å². The number of aromatic nitrogens is 3. The van der Waals surface area contributed by atoms with Crippen molar-refractivity contribution in [1.82, 2.24) is 19.9 Å². The predicted octanol–water partition coefficient (Wildman–Crippen LogP) is 3.73. The van der Waals surface area contributed by atoms with E-state index in [2.05, 4.69) is 25.2 Å². The third-order valence-electron chi connectivity index (χ3n) is 6.18. The normalized spacial score (nSPS) is 15.6. The number of fused-ring (bicyclic) bond motifs is 1. The van der Waals surface area contributed by atoms with E-state index in [0.29, 0.717) is 41.5 Å². The Kier molecular flexibility index (Phi) is 6.78. The first kappa shape index (κ1) is 25.0. The maximum Gasteiger partial charge on any atom is 0.416 e. The molecule has 0 bridgehead atoms. The van der Waals surface area contributed by atoms with Crippen LogP contribution in [-0.4, -0.2) is 52.1 Å². The van der Waals surface area contributed by atoms with Gasteiger partial charge < -0.3 is 25.6 Å². The van der Waals surface area contributed by atoms with E-state index in [1.165, 1.54) is 6.07 Å². The molecule has 3 aromatic rings. The van der Waals surface area contributed by atoms with Crippen LogP contribution < -0.4 is 16.0 Å². The molecule has 5 rings (SSSR count). The summed E-state index contributed by atoms with van der Waals surface area (Å²) in [6.45, 7) is 3.11. The molecule has 37 heavy (non-hydrogen) atoms. The highest BCUT2D eigenvalue weighted by molar-refractivity contribution is 6.28. The monoisotopic (exact) mass is 533 g/mol. The number of ether oxygens (including phenoxy) is 1. The van der Waals surface area contributed by atoms with Crippen molar-refractivity contribution in [3.05, 3.63) is 69.9 Å². The first-order valence-corrected chi connectivity index (χ1v) is 11.9. The van der Waals surface area contributed by atoms with Gasteiger partial charge in [0.1, 0.15) is 11.5 Å². The SMILES string of the molecule is Nc1cc(CNc2nc(Cl)nc3c2CN(C(=O)c2cc(N4CCOCC4)ccn2)C3)cc(C(F)(F)F)c1. The summed E-state index contributed by atoms with van der Waals surface area (Å²) in [5.74, 6) is 0.0668. The van der Waals surface area contributed by atoms with Gasteiger partial charge in [-0.15, -0.1) is 0 Å². The number of nitrogens with zero attached hydrogens (tertiary/aromatic N) is 5. The second-order valence-electron chi connectivity index (χ2n) is 8.74. The minimum absolute atomic E-state index is 0.00107. The lowest BCUT2D eigenvalue weighted by Crippen LogP contribution is -2.36. The van der Waals surface area contributed by atoms with Gasteiger partial charge in [-0.1, -0.05) is 0 Å². The quantitative estimate of drug-likeness (QED) is 0.377. The molecular formula is C24H23ClF3N7O2. The summed E-state index contributed by atoms with van der Waals surface area (Å²) in [5, 5.41) is 2.99. The van der Waals surface area contributed by atoms with Crippen molar-refractivity contribution in [2.45, 2.75) is 25.8 Å². The fraction of sp³-hybridized carbons (Fsp3) is 0.333. The van der Waals surface area contributed by atoms with Crippen LogP contribution in [0, 0.1) is 0 Å². The van der Waals surface area contributed by atoms with Crippen molar-refractivity contribution in [2.75, 3.05) is 42.3 Å². The number of halogens is 4. The first-order valence-electron chi connectivity index (χ1n) is 11.5. The van der Waals surface area contributed by atoms with Crippen LogP contribution in [0.2, 0.25) is 5.28 Å². The zero-order valence-electron chi connectivity index (χ0n) is 19.6. The number of nitrogen functional groups attached to an aromatic ring is 1. The summed E-state index contributed by atoms with van der Waals surface area (Å²) < 4.78 is 44.9. The summed E-state index contributed by atoms with van der Waals surface area (Å²) >= 11 is 6.11. The molecule has 0 aliphatic carbocycles. The number of anilines is 3. The van der Waals surface area contributed by atoms with E-state index in [9.17, 15) is 18.0 Å². The number of rotatable bonds is 5. The number of alkyl halides is 3. The molecule has 1 fully saturated rings. The number of nitrogens with one attached hydrogen (secondary N) is 1. The highest BCUT2D eigenvalue weighted by Crippen LogP contribution is 2.33. The molecule has 2 aliphatic rings. The van der Waals surface area contributed by atoms with Crippen molar-refractivity contribution in [1.29, 1.82) is 0 Å². The van der Waals surface area contributed by atoms with Crippen molar-refractivity contribution in [3.8, 4) is 0 Å². The Labute approximate surface area is 215 Å². The third kappa shape index (κ3) is 5.54. The van der Waals surface area contributed by atoms with Crippen LogP contribution in [0.5, 0.6) is 0 Å². The number of amides is 1. The van der Waals surface area contributed by atoms with Crippen LogP contribution in [-0.2, 0) is 30.5 Å². The first-order chi connectivity index (χ1) is 17.7. The van der Waals surface area contributed by atoms with Crippen molar-refractivity contribution < 1.29 is 22.7 Å². The molecule has 0 saturated carbocycles. The van der Waals surface area contributed by atoms with Gasteiger partial charge in [-0.05, 0) is 47.5 Å². The van der Waals surface area contributed by atoms with E-state index >= 15 is 0 Å². The summed E-state index contributed by atoms with van der Waals surface area (Å²) in [4.78, 5) is 29.7. The number of nitrogens with two attached hydrogens (primary N) is 1. The van der Waals surface area contributed by atoms with Crippen LogP contribution in [0.1, 0.15) is 32.9 Å². The minimum atomic E-state index is -4.52. The van der Waals surface area contributed by atoms with Crippen LogP contribution in [0.3, 0.4) is 0 Å². The molecule has 4 heterocycles. The van der Waals surface area contributed by atoms with Crippen LogP contribution in [0.25, 0.3) is 0 Å². The molecule has 0 radical (unpaired) electrons. The van der Waals surface area contributed by atoms with Gasteiger partial charge >= 0.3 is 6.18 Å². The molecule has 194 valence electrons. The number of hydrogen-bond acceptors (Lipinski definition) is 8. The van der Waals surface area contributed by atoms with E-state index in [-0.39, 0.29) is 36.5 Å².